The molecule has 0 radical (unpaired) electrons. The molecule has 0 aliphatic carbocycles. The van der Waals surface area contributed by atoms with Crippen LogP contribution in [0.25, 0.3) is 21.9 Å². The molecule has 0 fully saturated rings. The lowest BCUT2D eigenvalue weighted by Crippen LogP contribution is -2.03. The zero-order valence-corrected chi connectivity index (χ0v) is 14.1. The first-order valence-electron chi connectivity index (χ1n) is 7.29. The van der Waals surface area contributed by atoms with Gasteiger partial charge < -0.3 is 9.84 Å². The summed E-state index contributed by atoms with van der Waals surface area (Å²) in [6.45, 7) is 0. The molecule has 132 valence electrons. The number of rotatable bonds is 3. The molecule has 0 unspecified atom stereocenters. The summed E-state index contributed by atoms with van der Waals surface area (Å²) in [7, 11) is 1.42. The van der Waals surface area contributed by atoms with Crippen LogP contribution >= 0.6 is 11.3 Å². The van der Waals surface area contributed by atoms with E-state index in [2.05, 4.69) is 4.98 Å². The third kappa shape index (κ3) is 3.48. The summed E-state index contributed by atoms with van der Waals surface area (Å²) in [6.07, 6.45) is -2.95. The number of ether oxygens (including phenoxy) is 1. The van der Waals surface area contributed by atoms with Crippen molar-refractivity contribution in [2.45, 2.75) is 6.18 Å². The molecule has 8 heteroatoms. The summed E-state index contributed by atoms with van der Waals surface area (Å²) in [5.41, 5.74) is 0.113. The molecule has 0 saturated carbocycles. The van der Waals surface area contributed by atoms with E-state index in [1.807, 2.05) is 6.07 Å². The zero-order chi connectivity index (χ0) is 18.9. The number of aromatic hydroxyl groups is 1. The maximum absolute atomic E-state index is 12.8. The van der Waals surface area contributed by atoms with E-state index in [9.17, 15) is 23.5 Å². The lowest BCUT2D eigenvalue weighted by Gasteiger charge is -2.04. The van der Waals surface area contributed by atoms with Crippen LogP contribution in [-0.2, 0) is 6.18 Å². The molecule has 4 nitrogen and oxygen atoms in total. The molecule has 3 rings (SSSR count). The highest BCUT2D eigenvalue weighted by atomic mass is 32.1. The minimum absolute atomic E-state index is 0.0855. The van der Waals surface area contributed by atoms with Gasteiger partial charge in [-0.05, 0) is 42.0 Å². The van der Waals surface area contributed by atoms with Crippen molar-refractivity contribution >= 4 is 33.2 Å². The number of thiazole rings is 1. The molecule has 1 aromatic heterocycles. The summed E-state index contributed by atoms with van der Waals surface area (Å²) < 4.78 is 43.9. The maximum atomic E-state index is 12.8. The van der Waals surface area contributed by atoms with Crippen molar-refractivity contribution in [3.8, 4) is 17.6 Å². The Kier molecular flexibility index (Phi) is 4.57. The minimum Gasteiger partial charge on any atom is -0.504 e. The fraction of sp³-hybridized carbons (Fsp3) is 0.111. The van der Waals surface area contributed by atoms with Gasteiger partial charge in [0.2, 0.25) is 0 Å². The first kappa shape index (κ1) is 17.8. The predicted octanol–water partition coefficient (Wildman–Crippen LogP) is 5.09. The Hall–Kier alpha value is -3.05. The van der Waals surface area contributed by atoms with Gasteiger partial charge in [-0.25, -0.2) is 4.98 Å². The molecule has 0 aliphatic heterocycles. The lowest BCUT2D eigenvalue weighted by atomic mass is 10.1. The van der Waals surface area contributed by atoms with E-state index in [0.717, 1.165) is 23.5 Å². The summed E-state index contributed by atoms with van der Waals surface area (Å²) >= 11 is 1.12. The van der Waals surface area contributed by atoms with Gasteiger partial charge in [-0.3, -0.25) is 0 Å². The monoisotopic (exact) mass is 376 g/mol. The Labute approximate surface area is 150 Å². The van der Waals surface area contributed by atoms with Crippen LogP contribution in [0, 0.1) is 11.3 Å². The number of halogens is 3. The van der Waals surface area contributed by atoms with E-state index in [0.29, 0.717) is 21.0 Å². The maximum Gasteiger partial charge on any atom is 0.416 e. The Bertz CT molecular complexity index is 1050. The molecule has 1 N–H and O–H groups in total. The second-order valence-corrected chi connectivity index (χ2v) is 6.33. The Morgan fingerprint density at radius 1 is 1.27 bits per heavy atom. The van der Waals surface area contributed by atoms with Crippen molar-refractivity contribution in [1.29, 1.82) is 5.26 Å². The van der Waals surface area contributed by atoms with E-state index >= 15 is 0 Å². The molecule has 2 aromatic carbocycles. The predicted molar refractivity (Wildman–Crippen MR) is 92.8 cm³/mol. The van der Waals surface area contributed by atoms with Crippen molar-refractivity contribution in [3.05, 3.63) is 52.5 Å². The number of aromatic nitrogens is 1. The van der Waals surface area contributed by atoms with Crippen LogP contribution in [0.15, 0.2) is 36.4 Å². The van der Waals surface area contributed by atoms with Gasteiger partial charge in [0.25, 0.3) is 0 Å². The van der Waals surface area contributed by atoms with E-state index in [1.165, 1.54) is 25.3 Å². The van der Waals surface area contributed by atoms with Crippen molar-refractivity contribution in [3.63, 3.8) is 0 Å². The number of alkyl halides is 3. The molecule has 0 atom stereocenters. The quantitative estimate of drug-likeness (QED) is 0.647. The number of phenols is 1. The number of phenolic OH excluding ortho intramolecular Hbond substituents is 1. The van der Waals surface area contributed by atoms with E-state index < -0.39 is 11.7 Å². The summed E-state index contributed by atoms with van der Waals surface area (Å²) in [5, 5.41) is 19.5. The number of fused-ring (bicyclic) bond motifs is 1. The van der Waals surface area contributed by atoms with Gasteiger partial charge >= 0.3 is 6.18 Å². The van der Waals surface area contributed by atoms with Crippen LogP contribution < -0.4 is 4.74 Å². The standard InChI is InChI=1S/C18H11F3N2O2S/c1-25-15-4-2-10(7-14(15)24)6-11(9-22)17-23-13-8-12(18(19,20)21)3-5-16(13)26-17/h2-8,24H,1H3. The molecule has 0 bridgehead atoms. The molecular formula is C18H11F3N2O2S. The Morgan fingerprint density at radius 2 is 2.04 bits per heavy atom. The topological polar surface area (TPSA) is 66.1 Å². The minimum atomic E-state index is -4.45. The fourth-order valence-electron chi connectivity index (χ4n) is 2.32. The van der Waals surface area contributed by atoms with Gasteiger partial charge in [0, 0.05) is 0 Å². The van der Waals surface area contributed by atoms with Gasteiger partial charge in [0.1, 0.15) is 11.1 Å². The van der Waals surface area contributed by atoms with Crippen LogP contribution in [0.4, 0.5) is 13.2 Å². The average Bonchev–Trinajstić information content (AvgIpc) is 3.02. The highest BCUT2D eigenvalue weighted by Gasteiger charge is 2.30. The molecule has 3 aromatic rings. The largest absolute Gasteiger partial charge is 0.504 e. The fourth-order valence-corrected chi connectivity index (χ4v) is 3.24. The third-order valence-electron chi connectivity index (χ3n) is 3.58. The van der Waals surface area contributed by atoms with Crippen LogP contribution in [0.2, 0.25) is 0 Å². The van der Waals surface area contributed by atoms with Crippen molar-refractivity contribution in [2.24, 2.45) is 0 Å². The average molecular weight is 376 g/mol. The number of benzene rings is 2. The van der Waals surface area contributed by atoms with E-state index in [4.69, 9.17) is 4.74 Å². The normalized spacial score (nSPS) is 12.2. The second kappa shape index (κ2) is 6.69. The van der Waals surface area contributed by atoms with Gasteiger partial charge in [-0.2, -0.15) is 18.4 Å². The second-order valence-electron chi connectivity index (χ2n) is 5.30. The molecule has 0 aliphatic rings. The van der Waals surface area contributed by atoms with Crippen LogP contribution in [0.5, 0.6) is 11.5 Å². The Balaban J connectivity index is 2.03. The van der Waals surface area contributed by atoms with Gasteiger partial charge in [0.15, 0.2) is 11.5 Å². The zero-order valence-electron chi connectivity index (χ0n) is 13.3. The molecule has 0 spiro atoms. The number of hydrogen-bond acceptors (Lipinski definition) is 5. The number of allylic oxidation sites excluding steroid dienone is 1. The number of nitrogens with zero attached hydrogens (tertiary/aromatic N) is 2. The van der Waals surface area contributed by atoms with Crippen molar-refractivity contribution in [1.82, 2.24) is 4.98 Å². The summed E-state index contributed by atoms with van der Waals surface area (Å²) in [5.74, 6) is 0.206. The molecular weight excluding hydrogens is 365 g/mol. The van der Waals surface area contributed by atoms with E-state index in [-0.39, 0.29) is 16.8 Å². The summed E-state index contributed by atoms with van der Waals surface area (Å²) in [6, 6.07) is 9.90. The third-order valence-corrected chi connectivity index (χ3v) is 4.65. The van der Waals surface area contributed by atoms with Crippen molar-refractivity contribution in [2.75, 3.05) is 7.11 Å². The molecule has 0 saturated heterocycles. The van der Waals surface area contributed by atoms with Crippen molar-refractivity contribution < 1.29 is 23.0 Å². The smallest absolute Gasteiger partial charge is 0.416 e. The highest BCUT2D eigenvalue weighted by molar-refractivity contribution is 7.19. The Morgan fingerprint density at radius 3 is 2.65 bits per heavy atom. The number of nitriles is 1. The first-order valence-corrected chi connectivity index (χ1v) is 8.10. The van der Waals surface area contributed by atoms with Crippen LogP contribution in [-0.4, -0.2) is 17.2 Å². The first-order chi connectivity index (χ1) is 12.3. The highest BCUT2D eigenvalue weighted by Crippen LogP contribution is 2.35. The molecule has 1 heterocycles. The number of hydrogen-bond donors (Lipinski definition) is 1. The number of methoxy groups -OCH3 is 1. The summed E-state index contributed by atoms with van der Waals surface area (Å²) in [4.78, 5) is 4.15. The SMILES string of the molecule is COc1ccc(C=C(C#N)c2nc3cc(C(F)(F)F)ccc3s2)cc1O. The van der Waals surface area contributed by atoms with Crippen LogP contribution in [0.1, 0.15) is 16.1 Å². The van der Waals surface area contributed by atoms with Gasteiger partial charge in [0.05, 0.1) is 28.5 Å². The molecule has 26 heavy (non-hydrogen) atoms. The lowest BCUT2D eigenvalue weighted by molar-refractivity contribution is -0.137. The van der Waals surface area contributed by atoms with Gasteiger partial charge in [-0.1, -0.05) is 6.07 Å². The van der Waals surface area contributed by atoms with E-state index in [1.54, 1.807) is 12.1 Å². The van der Waals surface area contributed by atoms with Gasteiger partial charge in [-0.15, -0.1) is 11.3 Å². The van der Waals surface area contributed by atoms with Crippen LogP contribution in [0.3, 0.4) is 0 Å². The molecule has 0 amide bonds.